The van der Waals surface area contributed by atoms with Crippen molar-refractivity contribution in [3.8, 4) is 0 Å². The van der Waals surface area contributed by atoms with Crippen molar-refractivity contribution in [1.82, 2.24) is 5.32 Å². The molecule has 0 saturated heterocycles. The fourth-order valence-corrected chi connectivity index (χ4v) is 2.37. The topological polar surface area (TPSA) is 15.3 Å². The molecule has 2 nitrogen and oxygen atoms in total. The summed E-state index contributed by atoms with van der Waals surface area (Å²) >= 11 is 0. The summed E-state index contributed by atoms with van der Waals surface area (Å²) in [5, 5.41) is 3.14. The molecule has 0 fully saturated rings. The number of benzene rings is 1. The highest BCUT2D eigenvalue weighted by Crippen LogP contribution is 2.25. The zero-order valence-electron chi connectivity index (χ0n) is 13.7. The molecule has 0 spiro atoms. The molecule has 20 heavy (non-hydrogen) atoms. The predicted molar refractivity (Wildman–Crippen MR) is 85.8 cm³/mol. The molecule has 0 bridgehead atoms. The van der Waals surface area contributed by atoms with Crippen molar-refractivity contribution in [2.45, 2.75) is 40.7 Å². The summed E-state index contributed by atoms with van der Waals surface area (Å²) in [6.45, 7) is 12.5. The molecule has 0 heterocycles. The van der Waals surface area contributed by atoms with Gasteiger partial charge in [-0.05, 0) is 43.5 Å². The van der Waals surface area contributed by atoms with Gasteiger partial charge in [-0.3, -0.25) is 0 Å². The molecule has 0 radical (unpaired) electrons. The van der Waals surface area contributed by atoms with Crippen LogP contribution in [0.2, 0.25) is 0 Å². The zero-order chi connectivity index (χ0) is 15.3. The van der Waals surface area contributed by atoms with Crippen LogP contribution in [0.5, 0.6) is 0 Å². The van der Waals surface area contributed by atoms with Gasteiger partial charge in [-0.15, -0.1) is 0 Å². The van der Waals surface area contributed by atoms with Gasteiger partial charge in [0.1, 0.15) is 5.82 Å². The molecule has 3 heteroatoms. The van der Waals surface area contributed by atoms with Gasteiger partial charge < -0.3 is 10.2 Å². The molecule has 0 amide bonds. The SMILES string of the molecule is CNC(C)c1ccc(N(CC(C)C)CC(C)C)c(F)c1. The first kappa shape index (κ1) is 17.0. The van der Waals surface area contributed by atoms with Gasteiger partial charge in [-0.2, -0.15) is 0 Å². The van der Waals surface area contributed by atoms with Gasteiger partial charge in [0.15, 0.2) is 0 Å². The van der Waals surface area contributed by atoms with Crippen LogP contribution in [0.3, 0.4) is 0 Å². The van der Waals surface area contributed by atoms with Crippen molar-refractivity contribution in [2.24, 2.45) is 11.8 Å². The Morgan fingerprint density at radius 1 is 1.05 bits per heavy atom. The Morgan fingerprint density at radius 3 is 2.00 bits per heavy atom. The minimum absolute atomic E-state index is 0.120. The van der Waals surface area contributed by atoms with E-state index in [0.717, 1.165) is 24.3 Å². The largest absolute Gasteiger partial charge is 0.369 e. The van der Waals surface area contributed by atoms with Crippen LogP contribution in [0, 0.1) is 17.7 Å². The molecule has 1 rings (SSSR count). The molecule has 1 aromatic carbocycles. The van der Waals surface area contributed by atoms with E-state index in [2.05, 4.69) is 37.9 Å². The van der Waals surface area contributed by atoms with Crippen molar-refractivity contribution < 1.29 is 4.39 Å². The molecular weight excluding hydrogens is 251 g/mol. The molecule has 1 N–H and O–H groups in total. The number of hydrogen-bond donors (Lipinski definition) is 1. The predicted octanol–water partition coefficient (Wildman–Crippen LogP) is 4.22. The van der Waals surface area contributed by atoms with Crippen LogP contribution in [0.1, 0.15) is 46.2 Å². The Hall–Kier alpha value is -1.09. The van der Waals surface area contributed by atoms with Gasteiger partial charge >= 0.3 is 0 Å². The third-order valence-corrected chi connectivity index (χ3v) is 3.42. The third-order valence-electron chi connectivity index (χ3n) is 3.42. The maximum atomic E-state index is 14.4. The van der Waals surface area contributed by atoms with Gasteiger partial charge in [0.25, 0.3) is 0 Å². The van der Waals surface area contributed by atoms with E-state index in [4.69, 9.17) is 0 Å². The smallest absolute Gasteiger partial charge is 0.146 e. The lowest BCUT2D eigenvalue weighted by atomic mass is 10.1. The standard InChI is InChI=1S/C17H29FN2/c1-12(2)10-20(11-13(3)4)17-8-7-15(9-16(17)18)14(5)19-6/h7-9,12-14,19H,10-11H2,1-6H3. The molecule has 0 aromatic heterocycles. The van der Waals surface area contributed by atoms with Crippen molar-refractivity contribution in [1.29, 1.82) is 0 Å². The quantitative estimate of drug-likeness (QED) is 0.804. The van der Waals surface area contributed by atoms with Gasteiger partial charge in [-0.25, -0.2) is 4.39 Å². The monoisotopic (exact) mass is 280 g/mol. The lowest BCUT2D eigenvalue weighted by molar-refractivity contribution is 0.536. The Labute approximate surface area is 123 Å². The average Bonchev–Trinajstić information content (AvgIpc) is 2.35. The van der Waals surface area contributed by atoms with Crippen LogP contribution in [0.4, 0.5) is 10.1 Å². The third kappa shape index (κ3) is 4.78. The first-order valence-electron chi connectivity index (χ1n) is 7.56. The summed E-state index contributed by atoms with van der Waals surface area (Å²) in [6, 6.07) is 5.77. The van der Waals surface area contributed by atoms with Crippen molar-refractivity contribution in [3.05, 3.63) is 29.6 Å². The highest BCUT2D eigenvalue weighted by Gasteiger charge is 2.16. The van der Waals surface area contributed by atoms with Crippen LogP contribution in [-0.4, -0.2) is 20.1 Å². The van der Waals surface area contributed by atoms with E-state index in [1.807, 2.05) is 26.1 Å². The fraction of sp³-hybridized carbons (Fsp3) is 0.647. The van der Waals surface area contributed by atoms with Crippen LogP contribution in [-0.2, 0) is 0 Å². The Morgan fingerprint density at radius 2 is 1.60 bits per heavy atom. The van der Waals surface area contributed by atoms with Crippen LogP contribution in [0.15, 0.2) is 18.2 Å². The minimum atomic E-state index is -0.120. The van der Waals surface area contributed by atoms with E-state index in [9.17, 15) is 4.39 Å². The normalized spacial score (nSPS) is 13.1. The first-order chi connectivity index (χ1) is 9.35. The van der Waals surface area contributed by atoms with Gasteiger partial charge in [0.05, 0.1) is 5.69 Å². The summed E-state index contributed by atoms with van der Waals surface area (Å²) < 4.78 is 14.4. The number of hydrogen-bond acceptors (Lipinski definition) is 2. The van der Waals surface area contributed by atoms with Crippen molar-refractivity contribution in [2.75, 3.05) is 25.0 Å². The lowest BCUT2D eigenvalue weighted by Crippen LogP contribution is -2.32. The van der Waals surface area contributed by atoms with Crippen molar-refractivity contribution >= 4 is 5.69 Å². The van der Waals surface area contributed by atoms with Crippen LogP contribution < -0.4 is 10.2 Å². The average molecular weight is 280 g/mol. The Balaban J connectivity index is 3.01. The Bertz CT molecular complexity index is 405. The van der Waals surface area contributed by atoms with Gasteiger partial charge in [0.2, 0.25) is 0 Å². The summed E-state index contributed by atoms with van der Waals surface area (Å²) in [7, 11) is 1.89. The first-order valence-corrected chi connectivity index (χ1v) is 7.56. The van der Waals surface area contributed by atoms with E-state index in [1.54, 1.807) is 6.07 Å². The molecule has 0 aliphatic rings. The highest BCUT2D eigenvalue weighted by atomic mass is 19.1. The van der Waals surface area contributed by atoms with Gasteiger partial charge in [-0.1, -0.05) is 33.8 Å². The van der Waals surface area contributed by atoms with Crippen molar-refractivity contribution in [3.63, 3.8) is 0 Å². The molecule has 1 atom stereocenters. The summed E-state index contributed by atoms with van der Waals surface area (Å²) in [5.41, 5.74) is 1.71. The second kappa shape index (κ2) is 7.63. The summed E-state index contributed by atoms with van der Waals surface area (Å²) in [4.78, 5) is 2.17. The number of anilines is 1. The minimum Gasteiger partial charge on any atom is -0.369 e. The second-order valence-electron chi connectivity index (χ2n) is 6.41. The second-order valence-corrected chi connectivity index (χ2v) is 6.41. The van der Waals surface area contributed by atoms with E-state index in [1.165, 1.54) is 0 Å². The van der Waals surface area contributed by atoms with Gasteiger partial charge in [0, 0.05) is 19.1 Å². The van der Waals surface area contributed by atoms with E-state index in [0.29, 0.717) is 11.8 Å². The summed E-state index contributed by atoms with van der Waals surface area (Å²) in [6.07, 6.45) is 0. The zero-order valence-corrected chi connectivity index (χ0v) is 13.7. The molecule has 0 saturated carbocycles. The number of nitrogens with zero attached hydrogens (tertiary/aromatic N) is 1. The maximum Gasteiger partial charge on any atom is 0.146 e. The number of halogens is 1. The number of rotatable bonds is 7. The fourth-order valence-electron chi connectivity index (χ4n) is 2.37. The lowest BCUT2D eigenvalue weighted by Gasteiger charge is -2.29. The van der Waals surface area contributed by atoms with E-state index < -0.39 is 0 Å². The molecule has 1 aromatic rings. The maximum absolute atomic E-state index is 14.4. The van der Waals surface area contributed by atoms with E-state index in [-0.39, 0.29) is 11.9 Å². The van der Waals surface area contributed by atoms with E-state index >= 15 is 0 Å². The summed E-state index contributed by atoms with van der Waals surface area (Å²) in [5.74, 6) is 0.916. The molecular formula is C17H29FN2. The van der Waals surface area contributed by atoms with Crippen LogP contribution >= 0.6 is 0 Å². The highest BCUT2D eigenvalue weighted by molar-refractivity contribution is 5.49. The molecule has 114 valence electrons. The van der Waals surface area contributed by atoms with Crippen LogP contribution in [0.25, 0.3) is 0 Å². The molecule has 1 unspecified atom stereocenters. The number of nitrogens with one attached hydrogen (secondary N) is 1. The molecule has 0 aliphatic carbocycles. The Kier molecular flexibility index (Phi) is 6.47. The molecule has 0 aliphatic heterocycles.